The van der Waals surface area contributed by atoms with Gasteiger partial charge in [-0.25, -0.2) is 9.18 Å². The van der Waals surface area contributed by atoms with E-state index in [1.165, 1.54) is 0 Å². The topological polar surface area (TPSA) is 134 Å². The van der Waals surface area contributed by atoms with E-state index in [-0.39, 0.29) is 25.4 Å². The molecule has 0 saturated heterocycles. The SMILES string of the molecule is CC(C)(F)C(=O)NC1CC(O)(CNC(=O)C(NC(N)=O)C(C)(C)C)C1. The van der Waals surface area contributed by atoms with Crippen LogP contribution in [0.4, 0.5) is 9.18 Å². The van der Waals surface area contributed by atoms with Crippen molar-refractivity contribution in [3.05, 3.63) is 0 Å². The molecule has 144 valence electrons. The number of primary amides is 1. The van der Waals surface area contributed by atoms with Crippen LogP contribution in [-0.4, -0.2) is 52.9 Å². The van der Waals surface area contributed by atoms with Gasteiger partial charge in [-0.05, 0) is 32.1 Å². The number of aliphatic hydroxyl groups is 1. The van der Waals surface area contributed by atoms with Gasteiger partial charge in [0.1, 0.15) is 6.04 Å². The van der Waals surface area contributed by atoms with Crippen LogP contribution in [0.3, 0.4) is 0 Å². The molecular weight excluding hydrogens is 331 g/mol. The van der Waals surface area contributed by atoms with Crippen molar-refractivity contribution in [2.24, 2.45) is 11.1 Å². The normalized spacial score (nSPS) is 24.7. The highest BCUT2D eigenvalue weighted by Crippen LogP contribution is 2.32. The fourth-order valence-electron chi connectivity index (χ4n) is 2.63. The van der Waals surface area contributed by atoms with Gasteiger partial charge in [-0.15, -0.1) is 0 Å². The molecule has 0 aromatic heterocycles. The lowest BCUT2D eigenvalue weighted by Crippen LogP contribution is -2.63. The highest BCUT2D eigenvalue weighted by molar-refractivity contribution is 5.87. The molecule has 25 heavy (non-hydrogen) atoms. The molecule has 1 aliphatic rings. The summed E-state index contributed by atoms with van der Waals surface area (Å²) >= 11 is 0. The van der Waals surface area contributed by atoms with Crippen molar-refractivity contribution in [1.29, 1.82) is 0 Å². The lowest BCUT2D eigenvalue weighted by atomic mass is 9.75. The fourth-order valence-corrected chi connectivity index (χ4v) is 2.63. The van der Waals surface area contributed by atoms with Crippen LogP contribution in [0.15, 0.2) is 0 Å². The second-order valence-corrected chi connectivity index (χ2v) is 8.30. The molecule has 1 fully saturated rings. The summed E-state index contributed by atoms with van der Waals surface area (Å²) in [6.07, 6.45) is 0.414. The third-order valence-corrected chi connectivity index (χ3v) is 4.13. The molecular formula is C16H29FN4O4. The first-order valence-corrected chi connectivity index (χ1v) is 8.20. The van der Waals surface area contributed by atoms with Crippen molar-refractivity contribution in [3.63, 3.8) is 0 Å². The van der Waals surface area contributed by atoms with Gasteiger partial charge < -0.3 is 26.8 Å². The Morgan fingerprint density at radius 1 is 1.24 bits per heavy atom. The van der Waals surface area contributed by atoms with Crippen LogP contribution < -0.4 is 21.7 Å². The van der Waals surface area contributed by atoms with E-state index in [2.05, 4.69) is 16.0 Å². The summed E-state index contributed by atoms with van der Waals surface area (Å²) < 4.78 is 13.5. The van der Waals surface area contributed by atoms with E-state index in [9.17, 15) is 23.9 Å². The van der Waals surface area contributed by atoms with E-state index in [0.29, 0.717) is 0 Å². The molecule has 4 amide bonds. The molecule has 1 aliphatic carbocycles. The zero-order chi connectivity index (χ0) is 19.6. The zero-order valence-electron chi connectivity index (χ0n) is 15.4. The van der Waals surface area contributed by atoms with Crippen LogP contribution in [0.1, 0.15) is 47.5 Å². The number of carbonyl (C=O) groups excluding carboxylic acids is 3. The van der Waals surface area contributed by atoms with E-state index in [0.717, 1.165) is 13.8 Å². The maximum absolute atomic E-state index is 13.5. The average Bonchev–Trinajstić information content (AvgIpc) is 2.38. The Labute approximate surface area is 147 Å². The van der Waals surface area contributed by atoms with Crippen molar-refractivity contribution < 1.29 is 23.9 Å². The lowest BCUT2D eigenvalue weighted by Gasteiger charge is -2.44. The maximum atomic E-state index is 13.5. The molecule has 0 radical (unpaired) electrons. The second-order valence-electron chi connectivity index (χ2n) is 8.30. The van der Waals surface area contributed by atoms with E-state index in [1.807, 2.05) is 0 Å². The molecule has 0 spiro atoms. The predicted molar refractivity (Wildman–Crippen MR) is 90.3 cm³/mol. The molecule has 0 bridgehead atoms. The van der Waals surface area contributed by atoms with E-state index in [1.54, 1.807) is 20.8 Å². The molecule has 6 N–H and O–H groups in total. The van der Waals surface area contributed by atoms with Crippen LogP contribution in [0.5, 0.6) is 0 Å². The molecule has 0 heterocycles. The van der Waals surface area contributed by atoms with Crippen molar-refractivity contribution in [2.75, 3.05) is 6.54 Å². The Kier molecular flexibility index (Phi) is 6.05. The van der Waals surface area contributed by atoms with Crippen molar-refractivity contribution >= 4 is 17.8 Å². The molecule has 1 rings (SSSR count). The molecule has 0 aromatic carbocycles. The van der Waals surface area contributed by atoms with Crippen molar-refractivity contribution in [1.82, 2.24) is 16.0 Å². The van der Waals surface area contributed by atoms with Gasteiger partial charge in [-0.1, -0.05) is 20.8 Å². The number of rotatable bonds is 6. The average molecular weight is 360 g/mol. The van der Waals surface area contributed by atoms with Gasteiger partial charge in [-0.3, -0.25) is 9.59 Å². The quantitative estimate of drug-likeness (QED) is 0.454. The molecule has 9 heteroatoms. The van der Waals surface area contributed by atoms with Gasteiger partial charge in [0.15, 0.2) is 5.67 Å². The molecule has 0 aliphatic heterocycles. The van der Waals surface area contributed by atoms with Crippen LogP contribution in [0, 0.1) is 5.41 Å². The van der Waals surface area contributed by atoms with E-state index >= 15 is 0 Å². The summed E-state index contributed by atoms with van der Waals surface area (Å²) in [5.41, 5.74) is 1.37. The number of nitrogens with one attached hydrogen (secondary N) is 3. The summed E-state index contributed by atoms with van der Waals surface area (Å²) in [6, 6.07) is -2.00. The Morgan fingerprint density at radius 3 is 2.16 bits per heavy atom. The third kappa shape index (κ3) is 6.15. The first kappa shape index (κ1) is 21.1. The molecule has 8 nitrogen and oxygen atoms in total. The van der Waals surface area contributed by atoms with Crippen molar-refractivity contribution in [2.45, 2.75) is 70.8 Å². The summed E-state index contributed by atoms with van der Waals surface area (Å²) in [4.78, 5) is 34.9. The molecule has 0 aromatic rings. The molecule has 1 unspecified atom stereocenters. The van der Waals surface area contributed by atoms with Crippen LogP contribution >= 0.6 is 0 Å². The van der Waals surface area contributed by atoms with Gasteiger partial charge in [-0.2, -0.15) is 0 Å². The fraction of sp³-hybridized carbons (Fsp3) is 0.812. The first-order valence-electron chi connectivity index (χ1n) is 8.20. The summed E-state index contributed by atoms with van der Waals surface area (Å²) in [7, 11) is 0. The van der Waals surface area contributed by atoms with E-state index < -0.39 is 40.6 Å². The van der Waals surface area contributed by atoms with E-state index in [4.69, 9.17) is 5.73 Å². The Bertz CT molecular complexity index is 533. The summed E-state index contributed by atoms with van der Waals surface area (Å²) in [5, 5.41) is 17.8. The number of alkyl halides is 1. The van der Waals surface area contributed by atoms with Gasteiger partial charge >= 0.3 is 6.03 Å². The molecule has 1 saturated carbocycles. The summed E-state index contributed by atoms with van der Waals surface area (Å²) in [5.74, 6) is -1.20. The van der Waals surface area contributed by atoms with Gasteiger partial charge in [0.25, 0.3) is 5.91 Å². The van der Waals surface area contributed by atoms with Gasteiger partial charge in [0.05, 0.1) is 5.60 Å². The smallest absolute Gasteiger partial charge is 0.312 e. The monoisotopic (exact) mass is 360 g/mol. The van der Waals surface area contributed by atoms with Gasteiger partial charge in [0.2, 0.25) is 5.91 Å². The van der Waals surface area contributed by atoms with Crippen LogP contribution in [0.25, 0.3) is 0 Å². The number of nitrogens with two attached hydrogens (primary N) is 1. The third-order valence-electron chi connectivity index (χ3n) is 4.13. The number of halogens is 1. The zero-order valence-corrected chi connectivity index (χ0v) is 15.4. The van der Waals surface area contributed by atoms with Crippen molar-refractivity contribution in [3.8, 4) is 0 Å². The minimum atomic E-state index is -1.98. The number of hydrogen-bond acceptors (Lipinski definition) is 4. The lowest BCUT2D eigenvalue weighted by molar-refractivity contribution is -0.136. The minimum Gasteiger partial charge on any atom is -0.388 e. The second kappa shape index (κ2) is 7.15. The number of carbonyl (C=O) groups is 3. The number of amides is 4. The van der Waals surface area contributed by atoms with Crippen LogP contribution in [0.2, 0.25) is 0 Å². The first-order chi connectivity index (χ1) is 11.1. The Morgan fingerprint density at radius 2 is 1.76 bits per heavy atom. The van der Waals surface area contributed by atoms with Crippen LogP contribution in [-0.2, 0) is 9.59 Å². The predicted octanol–water partition coefficient (Wildman–Crippen LogP) is -0.0566. The summed E-state index contributed by atoms with van der Waals surface area (Å²) in [6.45, 7) is 7.60. The maximum Gasteiger partial charge on any atom is 0.312 e. The standard InChI is InChI=1S/C16H29FN4O4/c1-14(2,3)10(21-13(18)24)11(22)19-8-16(25)6-9(7-16)20-12(23)15(4,5)17/h9-10,25H,6-8H2,1-5H3,(H,19,22)(H,20,23)(H3,18,21,24). The Balaban J connectivity index is 2.51. The number of hydrogen-bond donors (Lipinski definition) is 5. The largest absolute Gasteiger partial charge is 0.388 e. The highest BCUT2D eigenvalue weighted by Gasteiger charge is 2.45. The Hall–Kier alpha value is -1.90. The number of urea groups is 1. The minimum absolute atomic E-state index is 0.0375. The highest BCUT2D eigenvalue weighted by atomic mass is 19.1. The molecule has 1 atom stereocenters. The van der Waals surface area contributed by atoms with Gasteiger partial charge in [0, 0.05) is 12.6 Å².